The molecule has 2 heterocycles. The van der Waals surface area contributed by atoms with Crippen molar-refractivity contribution in [3.8, 4) is 0 Å². The minimum atomic E-state index is 0.729. The molecule has 1 unspecified atom stereocenters. The van der Waals surface area contributed by atoms with Crippen LogP contribution in [0.3, 0.4) is 0 Å². The fourth-order valence-electron chi connectivity index (χ4n) is 2.35. The highest BCUT2D eigenvalue weighted by atomic mass is 15.3. The third-order valence-corrected chi connectivity index (χ3v) is 3.10. The van der Waals surface area contributed by atoms with E-state index in [4.69, 9.17) is 5.73 Å². The quantitative estimate of drug-likeness (QED) is 0.679. The summed E-state index contributed by atoms with van der Waals surface area (Å²) in [5, 5.41) is 4.25. The van der Waals surface area contributed by atoms with E-state index >= 15 is 0 Å². The number of nitrogen functional groups attached to an aromatic ring is 1. The maximum Gasteiger partial charge on any atom is 0.0736 e. The fraction of sp³-hybridized carbons (Fsp3) is 0.667. The van der Waals surface area contributed by atoms with Crippen LogP contribution in [0, 0.1) is 5.92 Å². The zero-order chi connectivity index (χ0) is 8.13. The van der Waals surface area contributed by atoms with Crippen molar-refractivity contribution in [2.24, 2.45) is 5.92 Å². The Morgan fingerprint density at radius 2 is 2.25 bits per heavy atom. The minimum absolute atomic E-state index is 0.729. The van der Waals surface area contributed by atoms with Crippen molar-refractivity contribution >= 4 is 5.69 Å². The van der Waals surface area contributed by atoms with Gasteiger partial charge in [-0.1, -0.05) is 0 Å². The van der Waals surface area contributed by atoms with Crippen LogP contribution >= 0.6 is 0 Å². The molecule has 3 heteroatoms. The van der Waals surface area contributed by atoms with Crippen LogP contribution in [0.1, 0.15) is 30.9 Å². The van der Waals surface area contributed by atoms with Crippen LogP contribution in [-0.2, 0) is 6.54 Å². The fourth-order valence-corrected chi connectivity index (χ4v) is 2.35. The first-order valence-electron chi connectivity index (χ1n) is 4.67. The van der Waals surface area contributed by atoms with Gasteiger partial charge in [-0.25, -0.2) is 0 Å². The highest BCUT2D eigenvalue weighted by molar-refractivity contribution is 5.45. The van der Waals surface area contributed by atoms with Gasteiger partial charge in [-0.15, -0.1) is 0 Å². The summed E-state index contributed by atoms with van der Waals surface area (Å²) in [6.45, 7) is 1.08. The zero-order valence-corrected chi connectivity index (χ0v) is 7.03. The van der Waals surface area contributed by atoms with E-state index in [-0.39, 0.29) is 0 Å². The normalized spacial score (nSPS) is 27.5. The molecule has 1 aromatic rings. The van der Waals surface area contributed by atoms with Gasteiger partial charge in [0.15, 0.2) is 0 Å². The number of nitrogens with two attached hydrogens (primary N) is 1. The summed E-state index contributed by atoms with van der Waals surface area (Å²) < 4.78 is 2.08. The van der Waals surface area contributed by atoms with Gasteiger partial charge >= 0.3 is 0 Å². The molecule has 0 aromatic carbocycles. The van der Waals surface area contributed by atoms with Gasteiger partial charge in [-0.2, -0.15) is 5.10 Å². The van der Waals surface area contributed by atoms with E-state index in [0.29, 0.717) is 0 Å². The molecular weight excluding hydrogens is 150 g/mol. The third-order valence-electron chi connectivity index (χ3n) is 3.10. The van der Waals surface area contributed by atoms with E-state index in [0.717, 1.165) is 24.1 Å². The maximum absolute atomic E-state index is 5.86. The number of aromatic nitrogens is 2. The number of hydrogen-bond acceptors (Lipinski definition) is 2. The Morgan fingerprint density at radius 1 is 1.42 bits per heavy atom. The Hall–Kier alpha value is -0.990. The van der Waals surface area contributed by atoms with E-state index in [9.17, 15) is 0 Å². The Kier molecular flexibility index (Phi) is 1.10. The van der Waals surface area contributed by atoms with Gasteiger partial charge in [0.05, 0.1) is 17.6 Å². The molecule has 2 aliphatic rings. The summed E-state index contributed by atoms with van der Waals surface area (Å²) in [5.74, 6) is 1.65. The number of rotatable bonds is 1. The van der Waals surface area contributed by atoms with Gasteiger partial charge in [0.1, 0.15) is 0 Å². The van der Waals surface area contributed by atoms with Crippen molar-refractivity contribution in [1.82, 2.24) is 9.78 Å². The number of aryl methyl sites for hydroxylation is 1. The molecule has 0 amide bonds. The second kappa shape index (κ2) is 2.03. The maximum atomic E-state index is 5.86. The minimum Gasteiger partial charge on any atom is -0.396 e. The topological polar surface area (TPSA) is 43.8 Å². The van der Waals surface area contributed by atoms with Crippen LogP contribution in [0.2, 0.25) is 0 Å². The van der Waals surface area contributed by atoms with E-state index in [1.807, 2.05) is 0 Å². The molecule has 1 saturated carbocycles. The van der Waals surface area contributed by atoms with Gasteiger partial charge in [-0.3, -0.25) is 4.68 Å². The SMILES string of the molecule is Nc1cnn2c1C(C1CC1)CC2. The Balaban J connectivity index is 2.04. The van der Waals surface area contributed by atoms with E-state index < -0.39 is 0 Å². The Labute approximate surface area is 71.6 Å². The molecule has 64 valence electrons. The van der Waals surface area contributed by atoms with Crippen LogP contribution < -0.4 is 5.73 Å². The lowest BCUT2D eigenvalue weighted by atomic mass is 9.98. The van der Waals surface area contributed by atoms with Crippen molar-refractivity contribution in [2.45, 2.75) is 31.7 Å². The molecule has 0 bridgehead atoms. The first kappa shape index (κ1) is 6.52. The highest BCUT2D eigenvalue weighted by Gasteiger charge is 2.38. The summed E-state index contributed by atoms with van der Waals surface area (Å²) in [6.07, 6.45) is 5.85. The summed E-state index contributed by atoms with van der Waals surface area (Å²) in [4.78, 5) is 0. The lowest BCUT2D eigenvalue weighted by Crippen LogP contribution is -2.00. The lowest BCUT2D eigenvalue weighted by molar-refractivity contribution is 0.586. The standard InChI is InChI=1S/C9H13N3/c10-8-5-11-12-4-3-7(9(8)12)6-1-2-6/h5-7H,1-4,10H2. The number of anilines is 1. The first-order valence-corrected chi connectivity index (χ1v) is 4.67. The predicted molar refractivity (Wildman–Crippen MR) is 46.7 cm³/mol. The number of nitrogens with zero attached hydrogens (tertiary/aromatic N) is 2. The van der Waals surface area contributed by atoms with Crippen molar-refractivity contribution in [3.63, 3.8) is 0 Å². The molecular formula is C9H13N3. The Morgan fingerprint density at radius 3 is 3.00 bits per heavy atom. The molecule has 3 nitrogen and oxygen atoms in total. The van der Waals surface area contributed by atoms with Crippen LogP contribution in [0.15, 0.2) is 6.20 Å². The molecule has 1 aliphatic heterocycles. The molecule has 1 fully saturated rings. The van der Waals surface area contributed by atoms with Crippen molar-refractivity contribution in [2.75, 3.05) is 5.73 Å². The average Bonchev–Trinajstić information content (AvgIpc) is 2.71. The molecule has 1 aromatic heterocycles. The van der Waals surface area contributed by atoms with Crippen molar-refractivity contribution in [3.05, 3.63) is 11.9 Å². The summed E-state index contributed by atoms with van der Waals surface area (Å²) >= 11 is 0. The van der Waals surface area contributed by atoms with E-state index in [1.54, 1.807) is 6.20 Å². The Bertz CT molecular complexity index is 312. The number of hydrogen-bond donors (Lipinski definition) is 1. The van der Waals surface area contributed by atoms with Gasteiger partial charge in [0.2, 0.25) is 0 Å². The van der Waals surface area contributed by atoms with Crippen LogP contribution in [-0.4, -0.2) is 9.78 Å². The van der Waals surface area contributed by atoms with Crippen molar-refractivity contribution in [1.29, 1.82) is 0 Å². The third kappa shape index (κ3) is 0.737. The molecule has 3 rings (SSSR count). The summed E-state index contributed by atoms with van der Waals surface area (Å²) in [7, 11) is 0. The van der Waals surface area contributed by atoms with Gasteiger partial charge < -0.3 is 5.73 Å². The predicted octanol–water partition coefficient (Wildman–Crippen LogP) is 1.36. The van der Waals surface area contributed by atoms with Crippen LogP contribution in [0.5, 0.6) is 0 Å². The molecule has 0 radical (unpaired) electrons. The highest BCUT2D eigenvalue weighted by Crippen LogP contribution is 2.48. The van der Waals surface area contributed by atoms with E-state index in [2.05, 4.69) is 9.78 Å². The molecule has 12 heavy (non-hydrogen) atoms. The number of fused-ring (bicyclic) bond motifs is 1. The molecule has 1 aliphatic carbocycles. The van der Waals surface area contributed by atoms with Gasteiger partial charge in [-0.05, 0) is 25.2 Å². The molecule has 0 saturated heterocycles. The van der Waals surface area contributed by atoms with Crippen LogP contribution in [0.25, 0.3) is 0 Å². The van der Waals surface area contributed by atoms with Gasteiger partial charge in [0.25, 0.3) is 0 Å². The second-order valence-electron chi connectivity index (χ2n) is 3.94. The molecule has 2 N–H and O–H groups in total. The smallest absolute Gasteiger partial charge is 0.0736 e. The summed E-state index contributed by atoms with van der Waals surface area (Å²) in [6, 6.07) is 0. The largest absolute Gasteiger partial charge is 0.396 e. The first-order chi connectivity index (χ1) is 5.86. The average molecular weight is 163 g/mol. The van der Waals surface area contributed by atoms with E-state index in [1.165, 1.54) is 25.0 Å². The second-order valence-corrected chi connectivity index (χ2v) is 3.94. The van der Waals surface area contributed by atoms with Crippen LogP contribution in [0.4, 0.5) is 5.69 Å². The zero-order valence-electron chi connectivity index (χ0n) is 7.03. The molecule has 0 spiro atoms. The molecule has 1 atom stereocenters. The summed E-state index contributed by atoms with van der Waals surface area (Å²) in [5.41, 5.74) is 8.09. The van der Waals surface area contributed by atoms with Crippen molar-refractivity contribution < 1.29 is 0 Å². The lowest BCUT2D eigenvalue weighted by Gasteiger charge is -2.06. The van der Waals surface area contributed by atoms with Gasteiger partial charge in [0, 0.05) is 12.5 Å². The monoisotopic (exact) mass is 163 g/mol.